The van der Waals surface area contributed by atoms with Gasteiger partial charge in [-0.25, -0.2) is 0 Å². The Hall–Kier alpha value is -2.04. The molecule has 0 aliphatic heterocycles. The molecule has 1 unspecified atom stereocenters. The predicted molar refractivity (Wildman–Crippen MR) is 103 cm³/mol. The summed E-state index contributed by atoms with van der Waals surface area (Å²) in [4.78, 5) is 27.1. The summed E-state index contributed by atoms with van der Waals surface area (Å²) in [5, 5.41) is 3.15. The average molecular weight is 360 g/mol. The highest BCUT2D eigenvalue weighted by atomic mass is 16.5. The number of methoxy groups -OCH3 is 1. The maximum Gasteiger partial charge on any atom is 0.242 e. The minimum Gasteiger partial charge on any atom is -0.497 e. The SMILES string of the molecule is CCCC(=O)N(Cc1ccc(OC)cc1)C(C)C(=O)NC1CCCCC1. The fourth-order valence-electron chi connectivity index (χ4n) is 3.44. The van der Waals surface area contributed by atoms with Crippen LogP contribution in [0.3, 0.4) is 0 Å². The molecular formula is C21H32N2O3. The maximum absolute atomic E-state index is 12.7. The maximum atomic E-state index is 12.7. The van der Waals surface area contributed by atoms with Crippen LogP contribution in [0.4, 0.5) is 0 Å². The minimum atomic E-state index is -0.474. The number of rotatable bonds is 8. The first-order valence-corrected chi connectivity index (χ1v) is 9.78. The van der Waals surface area contributed by atoms with E-state index in [9.17, 15) is 9.59 Å². The highest BCUT2D eigenvalue weighted by molar-refractivity contribution is 5.87. The molecule has 5 heteroatoms. The molecule has 26 heavy (non-hydrogen) atoms. The van der Waals surface area contributed by atoms with E-state index in [1.807, 2.05) is 38.1 Å². The summed E-state index contributed by atoms with van der Waals surface area (Å²) in [5.41, 5.74) is 0.993. The molecule has 1 N–H and O–H groups in total. The Bertz CT molecular complexity index is 579. The van der Waals surface area contributed by atoms with E-state index < -0.39 is 6.04 Å². The van der Waals surface area contributed by atoms with Gasteiger partial charge in [-0.3, -0.25) is 9.59 Å². The molecule has 0 spiro atoms. The first kappa shape index (κ1) is 20.3. The lowest BCUT2D eigenvalue weighted by atomic mass is 9.95. The summed E-state index contributed by atoms with van der Waals surface area (Å²) in [7, 11) is 1.63. The van der Waals surface area contributed by atoms with Crippen molar-refractivity contribution in [2.45, 2.75) is 77.4 Å². The molecule has 144 valence electrons. The lowest BCUT2D eigenvalue weighted by molar-refractivity contribution is -0.141. The van der Waals surface area contributed by atoms with Crippen molar-refractivity contribution in [3.05, 3.63) is 29.8 Å². The fourth-order valence-corrected chi connectivity index (χ4v) is 3.44. The molecule has 1 aliphatic rings. The fraction of sp³-hybridized carbons (Fsp3) is 0.619. The lowest BCUT2D eigenvalue weighted by Crippen LogP contribution is -2.50. The van der Waals surface area contributed by atoms with Crippen LogP contribution in [0.25, 0.3) is 0 Å². The average Bonchev–Trinajstić information content (AvgIpc) is 2.67. The topological polar surface area (TPSA) is 58.6 Å². The number of carbonyl (C=O) groups is 2. The molecule has 1 saturated carbocycles. The Morgan fingerprint density at radius 2 is 1.85 bits per heavy atom. The quantitative estimate of drug-likeness (QED) is 0.770. The second kappa shape index (κ2) is 10.2. The molecule has 0 radical (unpaired) electrons. The summed E-state index contributed by atoms with van der Waals surface area (Å²) >= 11 is 0. The molecule has 5 nitrogen and oxygen atoms in total. The summed E-state index contributed by atoms with van der Waals surface area (Å²) in [6, 6.07) is 7.42. The molecule has 0 bridgehead atoms. The van der Waals surface area contributed by atoms with Crippen LogP contribution in [0.1, 0.15) is 64.4 Å². The summed E-state index contributed by atoms with van der Waals surface area (Å²) in [6.45, 7) is 4.24. The van der Waals surface area contributed by atoms with E-state index in [-0.39, 0.29) is 17.9 Å². The van der Waals surface area contributed by atoms with E-state index in [1.165, 1.54) is 19.3 Å². The van der Waals surface area contributed by atoms with Crippen LogP contribution in [0.15, 0.2) is 24.3 Å². The van der Waals surface area contributed by atoms with Gasteiger partial charge in [0.2, 0.25) is 11.8 Å². The minimum absolute atomic E-state index is 0.0228. The molecule has 0 heterocycles. The Morgan fingerprint density at radius 1 is 1.19 bits per heavy atom. The molecule has 1 aromatic rings. The Balaban J connectivity index is 2.06. The Labute approximate surface area is 157 Å². The molecule has 1 aliphatic carbocycles. The van der Waals surface area contributed by atoms with Gasteiger partial charge in [-0.05, 0) is 43.9 Å². The number of hydrogen-bond donors (Lipinski definition) is 1. The number of ether oxygens (including phenoxy) is 1. The number of amides is 2. The van der Waals surface area contributed by atoms with Gasteiger partial charge in [0.25, 0.3) is 0 Å². The van der Waals surface area contributed by atoms with Gasteiger partial charge < -0.3 is 15.0 Å². The zero-order chi connectivity index (χ0) is 18.9. The highest BCUT2D eigenvalue weighted by Gasteiger charge is 2.27. The third kappa shape index (κ3) is 5.75. The molecule has 1 fully saturated rings. The van der Waals surface area contributed by atoms with E-state index in [1.54, 1.807) is 12.0 Å². The van der Waals surface area contributed by atoms with Gasteiger partial charge in [-0.1, -0.05) is 38.3 Å². The van der Waals surface area contributed by atoms with Crippen LogP contribution in [0.5, 0.6) is 5.75 Å². The third-order valence-corrected chi connectivity index (χ3v) is 5.09. The largest absolute Gasteiger partial charge is 0.497 e. The lowest BCUT2D eigenvalue weighted by Gasteiger charge is -2.31. The first-order valence-electron chi connectivity index (χ1n) is 9.78. The molecular weight excluding hydrogens is 328 g/mol. The van der Waals surface area contributed by atoms with Gasteiger partial charge in [0.1, 0.15) is 11.8 Å². The monoisotopic (exact) mass is 360 g/mol. The van der Waals surface area contributed by atoms with E-state index >= 15 is 0 Å². The van der Waals surface area contributed by atoms with Crippen molar-refractivity contribution in [3.63, 3.8) is 0 Å². The standard InChI is InChI=1S/C21H32N2O3/c1-4-8-20(24)23(15-17-11-13-19(26-3)14-12-17)16(2)21(25)22-18-9-6-5-7-10-18/h11-14,16,18H,4-10,15H2,1-3H3,(H,22,25). The van der Waals surface area contributed by atoms with Gasteiger partial charge in [0.05, 0.1) is 7.11 Å². The van der Waals surface area contributed by atoms with E-state index in [2.05, 4.69) is 5.32 Å². The third-order valence-electron chi connectivity index (χ3n) is 5.09. The number of hydrogen-bond acceptors (Lipinski definition) is 3. The first-order chi connectivity index (χ1) is 12.5. The summed E-state index contributed by atoms with van der Waals surface area (Å²) in [6.07, 6.45) is 6.90. The van der Waals surface area contributed by atoms with Gasteiger partial charge in [0, 0.05) is 19.0 Å². The number of benzene rings is 1. The van der Waals surface area contributed by atoms with Crippen molar-refractivity contribution < 1.29 is 14.3 Å². The predicted octanol–water partition coefficient (Wildman–Crippen LogP) is 3.66. The van der Waals surface area contributed by atoms with Crippen LogP contribution in [0.2, 0.25) is 0 Å². The second-order valence-corrected chi connectivity index (χ2v) is 7.14. The van der Waals surface area contributed by atoms with Crippen molar-refractivity contribution in [1.29, 1.82) is 0 Å². The molecule has 0 saturated heterocycles. The smallest absolute Gasteiger partial charge is 0.242 e. The number of nitrogens with one attached hydrogen (secondary N) is 1. The zero-order valence-electron chi connectivity index (χ0n) is 16.3. The van der Waals surface area contributed by atoms with Crippen LogP contribution >= 0.6 is 0 Å². The Kier molecular flexibility index (Phi) is 7.95. The van der Waals surface area contributed by atoms with Crippen molar-refractivity contribution in [1.82, 2.24) is 10.2 Å². The zero-order valence-corrected chi connectivity index (χ0v) is 16.3. The molecule has 1 aromatic carbocycles. The van der Waals surface area contributed by atoms with Crippen molar-refractivity contribution in [3.8, 4) is 5.75 Å². The van der Waals surface area contributed by atoms with Crippen molar-refractivity contribution in [2.75, 3.05) is 7.11 Å². The summed E-state index contributed by atoms with van der Waals surface area (Å²) < 4.78 is 5.19. The van der Waals surface area contributed by atoms with E-state index in [0.717, 1.165) is 30.6 Å². The summed E-state index contributed by atoms with van der Waals surface area (Å²) in [5.74, 6) is 0.757. The second-order valence-electron chi connectivity index (χ2n) is 7.14. The highest BCUT2D eigenvalue weighted by Crippen LogP contribution is 2.19. The van der Waals surface area contributed by atoms with Crippen LogP contribution in [0, 0.1) is 0 Å². The van der Waals surface area contributed by atoms with Crippen LogP contribution in [-0.2, 0) is 16.1 Å². The van der Waals surface area contributed by atoms with Gasteiger partial charge in [-0.2, -0.15) is 0 Å². The Morgan fingerprint density at radius 3 is 2.42 bits per heavy atom. The van der Waals surface area contributed by atoms with Crippen molar-refractivity contribution >= 4 is 11.8 Å². The van der Waals surface area contributed by atoms with E-state index in [0.29, 0.717) is 13.0 Å². The molecule has 2 rings (SSSR count). The van der Waals surface area contributed by atoms with E-state index in [4.69, 9.17) is 4.74 Å². The van der Waals surface area contributed by atoms with Crippen molar-refractivity contribution in [2.24, 2.45) is 0 Å². The number of carbonyl (C=O) groups excluding carboxylic acids is 2. The molecule has 0 aromatic heterocycles. The van der Waals surface area contributed by atoms with Crippen LogP contribution in [-0.4, -0.2) is 35.9 Å². The normalized spacial score (nSPS) is 16.0. The molecule has 1 atom stereocenters. The van der Waals surface area contributed by atoms with Gasteiger partial charge in [-0.15, -0.1) is 0 Å². The number of nitrogens with zero attached hydrogens (tertiary/aromatic N) is 1. The molecule has 2 amide bonds. The van der Waals surface area contributed by atoms with Gasteiger partial charge >= 0.3 is 0 Å². The van der Waals surface area contributed by atoms with Crippen LogP contribution < -0.4 is 10.1 Å². The van der Waals surface area contributed by atoms with Gasteiger partial charge in [0.15, 0.2) is 0 Å².